The lowest BCUT2D eigenvalue weighted by Gasteiger charge is -2.08. The molecule has 1 amide bonds. The molecule has 0 saturated carbocycles. The Morgan fingerprint density at radius 1 is 1.00 bits per heavy atom. The highest BCUT2D eigenvalue weighted by molar-refractivity contribution is 6.30. The van der Waals surface area contributed by atoms with Gasteiger partial charge in [0.1, 0.15) is 0 Å². The number of amides is 1. The van der Waals surface area contributed by atoms with E-state index < -0.39 is 5.91 Å². The van der Waals surface area contributed by atoms with Gasteiger partial charge in [0.15, 0.2) is 0 Å². The summed E-state index contributed by atoms with van der Waals surface area (Å²) in [4.78, 5) is 23.2. The number of rotatable bonds is 4. The molecule has 0 unspecified atom stereocenters. The molecule has 0 fully saturated rings. The van der Waals surface area contributed by atoms with Gasteiger partial charge in [0.05, 0.1) is 12.2 Å². The highest BCUT2D eigenvalue weighted by Gasteiger charge is 2.06. The topological polar surface area (TPSA) is 78.0 Å². The molecule has 1 heterocycles. The van der Waals surface area contributed by atoms with Gasteiger partial charge in [-0.3, -0.25) is 9.59 Å². The van der Waals surface area contributed by atoms with Gasteiger partial charge in [0.25, 0.3) is 5.56 Å². The third kappa shape index (κ3) is 3.52. The van der Waals surface area contributed by atoms with E-state index >= 15 is 0 Å². The lowest BCUT2D eigenvalue weighted by Crippen LogP contribution is -2.22. The lowest BCUT2D eigenvalue weighted by molar-refractivity contribution is 0.100. The second-order valence-corrected chi connectivity index (χ2v) is 5.72. The fraction of sp³-hybridized carbons (Fsp3) is 0.0556. The van der Waals surface area contributed by atoms with Gasteiger partial charge in [-0.2, -0.15) is 5.10 Å². The molecule has 6 heteroatoms. The number of primary amides is 1. The van der Waals surface area contributed by atoms with Crippen molar-refractivity contribution >= 4 is 17.5 Å². The van der Waals surface area contributed by atoms with Crippen LogP contribution < -0.4 is 11.3 Å². The molecule has 0 aliphatic carbocycles. The summed E-state index contributed by atoms with van der Waals surface area (Å²) in [5.41, 5.74) is 7.83. The number of carbonyl (C=O) groups is 1. The van der Waals surface area contributed by atoms with Crippen LogP contribution in [0.4, 0.5) is 0 Å². The van der Waals surface area contributed by atoms with E-state index in [-0.39, 0.29) is 5.56 Å². The van der Waals surface area contributed by atoms with Gasteiger partial charge in [0, 0.05) is 22.2 Å². The van der Waals surface area contributed by atoms with E-state index in [4.69, 9.17) is 17.3 Å². The SMILES string of the molecule is NC(=O)c1ccc(-c2ccc(=O)n(Cc3ccc(Cl)cc3)n2)cc1. The van der Waals surface area contributed by atoms with Gasteiger partial charge in [-0.05, 0) is 35.9 Å². The minimum absolute atomic E-state index is 0.192. The van der Waals surface area contributed by atoms with Crippen LogP contribution in [0.25, 0.3) is 11.3 Å². The maximum Gasteiger partial charge on any atom is 0.267 e. The zero-order valence-corrected chi connectivity index (χ0v) is 13.4. The molecule has 2 aromatic carbocycles. The Morgan fingerprint density at radius 2 is 1.67 bits per heavy atom. The summed E-state index contributed by atoms with van der Waals surface area (Å²) in [5.74, 6) is -0.484. The molecule has 1 aromatic heterocycles. The molecule has 2 N–H and O–H groups in total. The van der Waals surface area contributed by atoms with Gasteiger partial charge in [0.2, 0.25) is 5.91 Å². The molecular weight excluding hydrogens is 326 g/mol. The van der Waals surface area contributed by atoms with Crippen molar-refractivity contribution in [1.82, 2.24) is 9.78 Å². The molecule has 0 bridgehead atoms. The number of hydrogen-bond donors (Lipinski definition) is 1. The lowest BCUT2D eigenvalue weighted by atomic mass is 10.1. The van der Waals surface area contributed by atoms with Crippen LogP contribution in [0.3, 0.4) is 0 Å². The predicted octanol–water partition coefficient (Wildman–Crippen LogP) is 2.71. The Hall–Kier alpha value is -2.92. The van der Waals surface area contributed by atoms with Crippen LogP contribution in [0.1, 0.15) is 15.9 Å². The van der Waals surface area contributed by atoms with Crippen LogP contribution in [-0.4, -0.2) is 15.7 Å². The normalized spacial score (nSPS) is 10.5. The van der Waals surface area contributed by atoms with Crippen molar-refractivity contribution < 1.29 is 4.79 Å². The highest BCUT2D eigenvalue weighted by Crippen LogP contribution is 2.16. The number of benzene rings is 2. The Kier molecular flexibility index (Phi) is 4.44. The summed E-state index contributed by atoms with van der Waals surface area (Å²) in [5, 5.41) is 5.03. The summed E-state index contributed by atoms with van der Waals surface area (Å²) in [6.07, 6.45) is 0. The maximum absolute atomic E-state index is 12.0. The molecule has 24 heavy (non-hydrogen) atoms. The van der Waals surface area contributed by atoms with E-state index in [1.807, 2.05) is 12.1 Å². The highest BCUT2D eigenvalue weighted by atomic mass is 35.5. The Bertz CT molecular complexity index is 932. The molecule has 0 aliphatic rings. The van der Waals surface area contributed by atoms with Crippen molar-refractivity contribution in [3.63, 3.8) is 0 Å². The fourth-order valence-corrected chi connectivity index (χ4v) is 2.41. The first-order valence-corrected chi connectivity index (χ1v) is 7.63. The minimum Gasteiger partial charge on any atom is -0.366 e. The minimum atomic E-state index is -0.484. The average Bonchev–Trinajstić information content (AvgIpc) is 2.59. The number of carbonyl (C=O) groups excluding carboxylic acids is 1. The van der Waals surface area contributed by atoms with Gasteiger partial charge in [-0.1, -0.05) is 35.9 Å². The van der Waals surface area contributed by atoms with Gasteiger partial charge in [-0.25, -0.2) is 4.68 Å². The number of hydrogen-bond acceptors (Lipinski definition) is 3. The van der Waals surface area contributed by atoms with E-state index in [0.29, 0.717) is 22.8 Å². The van der Waals surface area contributed by atoms with Crippen molar-refractivity contribution in [3.8, 4) is 11.3 Å². The summed E-state index contributed by atoms with van der Waals surface area (Å²) < 4.78 is 1.39. The monoisotopic (exact) mass is 339 g/mol. The molecular formula is C18H14ClN3O2. The molecule has 3 aromatic rings. The van der Waals surface area contributed by atoms with Crippen LogP contribution in [-0.2, 0) is 6.54 Å². The Labute approximate surface area is 143 Å². The fourth-order valence-electron chi connectivity index (χ4n) is 2.28. The smallest absolute Gasteiger partial charge is 0.267 e. The van der Waals surface area contributed by atoms with Crippen LogP contribution in [0.5, 0.6) is 0 Å². The zero-order chi connectivity index (χ0) is 17.1. The average molecular weight is 340 g/mol. The third-order valence-corrected chi connectivity index (χ3v) is 3.83. The van der Waals surface area contributed by atoms with Crippen molar-refractivity contribution in [3.05, 3.63) is 87.2 Å². The number of halogens is 1. The third-order valence-electron chi connectivity index (χ3n) is 3.58. The predicted molar refractivity (Wildman–Crippen MR) is 93.0 cm³/mol. The van der Waals surface area contributed by atoms with Crippen LogP contribution in [0.2, 0.25) is 5.02 Å². The van der Waals surface area contributed by atoms with E-state index in [0.717, 1.165) is 11.1 Å². The van der Waals surface area contributed by atoms with Crippen LogP contribution in [0.15, 0.2) is 65.5 Å². The second-order valence-electron chi connectivity index (χ2n) is 5.28. The van der Waals surface area contributed by atoms with Gasteiger partial charge < -0.3 is 5.73 Å². The first kappa shape index (κ1) is 16.0. The van der Waals surface area contributed by atoms with E-state index in [1.54, 1.807) is 42.5 Å². The number of nitrogens with zero attached hydrogens (tertiary/aromatic N) is 2. The van der Waals surface area contributed by atoms with Crippen LogP contribution >= 0.6 is 11.6 Å². The quantitative estimate of drug-likeness (QED) is 0.793. The number of aromatic nitrogens is 2. The molecule has 3 rings (SSSR count). The largest absolute Gasteiger partial charge is 0.366 e. The summed E-state index contributed by atoms with van der Waals surface area (Å²) in [6.45, 7) is 0.350. The van der Waals surface area contributed by atoms with Crippen LogP contribution in [0, 0.1) is 0 Å². The first-order valence-electron chi connectivity index (χ1n) is 7.26. The molecule has 0 spiro atoms. The molecule has 0 radical (unpaired) electrons. The first-order chi connectivity index (χ1) is 11.5. The molecule has 0 atom stereocenters. The zero-order valence-electron chi connectivity index (χ0n) is 12.6. The Balaban J connectivity index is 1.92. The summed E-state index contributed by atoms with van der Waals surface area (Å²) in [7, 11) is 0. The van der Waals surface area contributed by atoms with Gasteiger partial charge >= 0.3 is 0 Å². The molecule has 0 aliphatic heterocycles. The maximum atomic E-state index is 12.0. The molecule has 5 nitrogen and oxygen atoms in total. The second kappa shape index (κ2) is 6.68. The Morgan fingerprint density at radius 3 is 2.29 bits per heavy atom. The van der Waals surface area contributed by atoms with Crippen molar-refractivity contribution in [1.29, 1.82) is 0 Å². The molecule has 120 valence electrons. The molecule has 0 saturated heterocycles. The van der Waals surface area contributed by atoms with Crippen molar-refractivity contribution in [2.75, 3.05) is 0 Å². The summed E-state index contributed by atoms with van der Waals surface area (Å²) >= 11 is 5.87. The van der Waals surface area contributed by atoms with E-state index in [1.165, 1.54) is 10.7 Å². The van der Waals surface area contributed by atoms with E-state index in [9.17, 15) is 9.59 Å². The summed E-state index contributed by atoms with van der Waals surface area (Å²) in [6, 6.07) is 17.1. The van der Waals surface area contributed by atoms with Gasteiger partial charge in [-0.15, -0.1) is 0 Å². The van der Waals surface area contributed by atoms with Crippen molar-refractivity contribution in [2.45, 2.75) is 6.54 Å². The standard InChI is InChI=1S/C18H14ClN3O2/c19-15-7-1-12(2-8-15)11-22-17(23)10-9-16(21-22)13-3-5-14(6-4-13)18(20)24/h1-10H,11H2,(H2,20,24). The van der Waals surface area contributed by atoms with E-state index in [2.05, 4.69) is 5.10 Å². The van der Waals surface area contributed by atoms with Crippen molar-refractivity contribution in [2.24, 2.45) is 5.73 Å². The number of nitrogens with two attached hydrogens (primary N) is 1.